The second-order valence-electron chi connectivity index (χ2n) is 5.84. The molecule has 3 fully saturated rings. The van der Waals surface area contributed by atoms with Crippen molar-refractivity contribution in [2.75, 3.05) is 13.1 Å². The highest BCUT2D eigenvalue weighted by Gasteiger charge is 2.35. The number of aliphatic hydroxyl groups excluding tert-OH is 1. The first-order valence-corrected chi connectivity index (χ1v) is 7.01. The summed E-state index contributed by atoms with van der Waals surface area (Å²) in [5.41, 5.74) is 0. The quantitative estimate of drug-likeness (QED) is 0.754. The highest BCUT2D eigenvalue weighted by Crippen LogP contribution is 2.30. The summed E-state index contributed by atoms with van der Waals surface area (Å²) >= 11 is 0. The van der Waals surface area contributed by atoms with Crippen molar-refractivity contribution >= 4 is 0 Å². The number of hydrogen-bond donors (Lipinski definition) is 2. The summed E-state index contributed by atoms with van der Waals surface area (Å²) in [6, 6.07) is 1.92. The van der Waals surface area contributed by atoms with Gasteiger partial charge >= 0.3 is 0 Å². The van der Waals surface area contributed by atoms with Crippen LogP contribution in [0.15, 0.2) is 0 Å². The molecule has 16 heavy (non-hydrogen) atoms. The standard InChI is InChI=1S/C13H24N2O/c16-13-4-2-1-3-12(13)14-10-7-8-15(9-10)11-5-6-11/h10-14,16H,1-9H2. The SMILES string of the molecule is OC1CCCCC1NC1CCN(C2CC2)C1. The van der Waals surface area contributed by atoms with Gasteiger partial charge < -0.3 is 10.4 Å². The van der Waals surface area contributed by atoms with Crippen molar-refractivity contribution in [2.24, 2.45) is 0 Å². The van der Waals surface area contributed by atoms with Crippen molar-refractivity contribution in [1.82, 2.24) is 10.2 Å². The molecule has 0 bridgehead atoms. The molecule has 1 aliphatic heterocycles. The maximum absolute atomic E-state index is 9.94. The Morgan fingerprint density at radius 3 is 2.56 bits per heavy atom. The van der Waals surface area contributed by atoms with Crippen LogP contribution in [0.25, 0.3) is 0 Å². The highest BCUT2D eigenvalue weighted by atomic mass is 16.3. The summed E-state index contributed by atoms with van der Waals surface area (Å²) in [6.45, 7) is 2.49. The summed E-state index contributed by atoms with van der Waals surface area (Å²) < 4.78 is 0. The van der Waals surface area contributed by atoms with E-state index in [1.54, 1.807) is 0 Å². The van der Waals surface area contributed by atoms with Crippen LogP contribution in [0.3, 0.4) is 0 Å². The molecule has 1 saturated heterocycles. The second-order valence-corrected chi connectivity index (χ2v) is 5.84. The molecule has 3 atom stereocenters. The van der Waals surface area contributed by atoms with E-state index in [0.717, 1.165) is 12.5 Å². The van der Waals surface area contributed by atoms with E-state index in [9.17, 15) is 5.11 Å². The van der Waals surface area contributed by atoms with Gasteiger partial charge in [0.05, 0.1) is 6.10 Å². The molecule has 1 heterocycles. The first kappa shape index (κ1) is 11.0. The van der Waals surface area contributed by atoms with Crippen LogP contribution in [0.5, 0.6) is 0 Å². The molecular formula is C13H24N2O. The zero-order chi connectivity index (χ0) is 11.0. The summed E-state index contributed by atoms with van der Waals surface area (Å²) in [7, 11) is 0. The molecule has 2 N–H and O–H groups in total. The molecule has 3 unspecified atom stereocenters. The van der Waals surface area contributed by atoms with E-state index in [1.807, 2.05) is 0 Å². The Bertz CT molecular complexity index is 242. The smallest absolute Gasteiger partial charge is 0.0693 e. The lowest BCUT2D eigenvalue weighted by atomic mass is 9.92. The third-order valence-electron chi connectivity index (χ3n) is 4.46. The van der Waals surface area contributed by atoms with E-state index in [2.05, 4.69) is 10.2 Å². The number of nitrogens with zero attached hydrogens (tertiary/aromatic N) is 1. The molecule has 3 rings (SSSR count). The molecule has 2 saturated carbocycles. The van der Waals surface area contributed by atoms with Crippen LogP contribution < -0.4 is 5.32 Å². The Labute approximate surface area is 98.2 Å². The lowest BCUT2D eigenvalue weighted by molar-refractivity contribution is 0.0851. The first-order valence-electron chi connectivity index (χ1n) is 7.01. The fourth-order valence-corrected chi connectivity index (χ4v) is 3.30. The second kappa shape index (κ2) is 4.63. The third-order valence-corrected chi connectivity index (χ3v) is 4.46. The van der Waals surface area contributed by atoms with E-state index < -0.39 is 0 Å². The molecular weight excluding hydrogens is 200 g/mol. The van der Waals surface area contributed by atoms with Crippen molar-refractivity contribution < 1.29 is 5.11 Å². The van der Waals surface area contributed by atoms with Crippen molar-refractivity contribution in [2.45, 2.75) is 69.2 Å². The van der Waals surface area contributed by atoms with E-state index in [0.29, 0.717) is 12.1 Å². The van der Waals surface area contributed by atoms with Crippen LogP contribution in [-0.2, 0) is 0 Å². The van der Waals surface area contributed by atoms with E-state index in [1.165, 1.54) is 51.6 Å². The van der Waals surface area contributed by atoms with E-state index >= 15 is 0 Å². The number of rotatable bonds is 3. The van der Waals surface area contributed by atoms with Crippen molar-refractivity contribution in [1.29, 1.82) is 0 Å². The normalized spacial score (nSPS) is 41.4. The average molecular weight is 224 g/mol. The Morgan fingerprint density at radius 1 is 1.00 bits per heavy atom. The Kier molecular flexibility index (Phi) is 3.18. The van der Waals surface area contributed by atoms with E-state index in [-0.39, 0.29) is 6.10 Å². The number of hydrogen-bond acceptors (Lipinski definition) is 3. The van der Waals surface area contributed by atoms with Gasteiger partial charge in [-0.1, -0.05) is 12.8 Å². The van der Waals surface area contributed by atoms with Gasteiger partial charge in [-0.25, -0.2) is 0 Å². The fourth-order valence-electron chi connectivity index (χ4n) is 3.30. The van der Waals surface area contributed by atoms with Crippen LogP contribution in [0, 0.1) is 0 Å². The van der Waals surface area contributed by atoms with Crippen LogP contribution in [0.1, 0.15) is 44.9 Å². The Hall–Kier alpha value is -0.120. The summed E-state index contributed by atoms with van der Waals surface area (Å²) in [5.74, 6) is 0. The Morgan fingerprint density at radius 2 is 1.81 bits per heavy atom. The maximum atomic E-state index is 9.94. The van der Waals surface area contributed by atoms with Gasteiger partial charge in [-0.3, -0.25) is 4.90 Å². The third kappa shape index (κ3) is 2.41. The van der Waals surface area contributed by atoms with Gasteiger partial charge in [-0.05, 0) is 32.1 Å². The molecule has 0 aromatic heterocycles. The van der Waals surface area contributed by atoms with Crippen molar-refractivity contribution in [3.05, 3.63) is 0 Å². The predicted octanol–water partition coefficient (Wildman–Crippen LogP) is 1.12. The van der Waals surface area contributed by atoms with Crippen LogP contribution in [0.2, 0.25) is 0 Å². The monoisotopic (exact) mass is 224 g/mol. The van der Waals surface area contributed by atoms with Crippen LogP contribution in [0.4, 0.5) is 0 Å². The lowest BCUT2D eigenvalue weighted by Gasteiger charge is -2.31. The predicted molar refractivity (Wildman–Crippen MR) is 64.4 cm³/mol. The maximum Gasteiger partial charge on any atom is 0.0693 e. The molecule has 0 radical (unpaired) electrons. The van der Waals surface area contributed by atoms with Crippen molar-refractivity contribution in [3.8, 4) is 0 Å². The van der Waals surface area contributed by atoms with Crippen LogP contribution in [-0.4, -0.2) is 47.3 Å². The summed E-state index contributed by atoms with van der Waals surface area (Å²) in [4.78, 5) is 2.63. The molecule has 3 heteroatoms. The van der Waals surface area contributed by atoms with Crippen LogP contribution >= 0.6 is 0 Å². The molecule has 0 aromatic carbocycles. The largest absolute Gasteiger partial charge is 0.392 e. The van der Waals surface area contributed by atoms with Crippen molar-refractivity contribution in [3.63, 3.8) is 0 Å². The molecule has 0 amide bonds. The lowest BCUT2D eigenvalue weighted by Crippen LogP contribution is -2.48. The molecule has 3 nitrogen and oxygen atoms in total. The van der Waals surface area contributed by atoms with Gasteiger partial charge in [-0.2, -0.15) is 0 Å². The minimum absolute atomic E-state index is 0.0938. The average Bonchev–Trinajstić information content (AvgIpc) is 3.03. The van der Waals surface area contributed by atoms with E-state index in [4.69, 9.17) is 0 Å². The number of likely N-dealkylation sites (tertiary alicyclic amines) is 1. The summed E-state index contributed by atoms with van der Waals surface area (Å²) in [5, 5.41) is 13.6. The van der Waals surface area contributed by atoms with Gasteiger partial charge in [0, 0.05) is 31.2 Å². The zero-order valence-corrected chi connectivity index (χ0v) is 10.1. The summed E-state index contributed by atoms with van der Waals surface area (Å²) in [6.07, 6.45) is 8.67. The van der Waals surface area contributed by atoms with Gasteiger partial charge in [-0.15, -0.1) is 0 Å². The van der Waals surface area contributed by atoms with Gasteiger partial charge in [0.15, 0.2) is 0 Å². The van der Waals surface area contributed by atoms with Gasteiger partial charge in [0.1, 0.15) is 0 Å². The molecule has 3 aliphatic rings. The van der Waals surface area contributed by atoms with Gasteiger partial charge in [0.2, 0.25) is 0 Å². The minimum Gasteiger partial charge on any atom is -0.392 e. The highest BCUT2D eigenvalue weighted by molar-refractivity contribution is 4.94. The zero-order valence-electron chi connectivity index (χ0n) is 10.1. The first-order chi connectivity index (χ1) is 7.83. The molecule has 0 aromatic rings. The topological polar surface area (TPSA) is 35.5 Å². The number of aliphatic hydroxyl groups is 1. The Balaban J connectivity index is 1.47. The fraction of sp³-hybridized carbons (Fsp3) is 1.00. The minimum atomic E-state index is -0.0938. The molecule has 92 valence electrons. The number of nitrogens with one attached hydrogen (secondary N) is 1. The molecule has 0 spiro atoms. The molecule has 2 aliphatic carbocycles. The van der Waals surface area contributed by atoms with Gasteiger partial charge in [0.25, 0.3) is 0 Å².